The Morgan fingerprint density at radius 2 is 2.12 bits per heavy atom. The van der Waals surface area contributed by atoms with Crippen molar-refractivity contribution in [2.45, 2.75) is 32.9 Å². The molecule has 0 aliphatic heterocycles. The van der Waals surface area contributed by atoms with Crippen molar-refractivity contribution in [1.29, 1.82) is 5.26 Å². The molecule has 1 rings (SSSR count). The van der Waals surface area contributed by atoms with E-state index in [0.717, 1.165) is 0 Å². The predicted octanol–water partition coefficient (Wildman–Crippen LogP) is 2.19. The Labute approximate surface area is 165 Å². The van der Waals surface area contributed by atoms with E-state index in [2.05, 4.69) is 15.6 Å². The summed E-state index contributed by atoms with van der Waals surface area (Å²) < 4.78 is 36.2. The average Bonchev–Trinajstić information content (AvgIpc) is 2.51. The SMILES string of the molecule is CCNC(=NCc1cc(C#N)ccc1F)NC(C)CCS(C)(=O)=O.I. The molecule has 0 saturated heterocycles. The van der Waals surface area contributed by atoms with Crippen molar-refractivity contribution in [3.05, 3.63) is 35.1 Å². The summed E-state index contributed by atoms with van der Waals surface area (Å²) in [7, 11) is -3.02. The molecule has 0 aliphatic carbocycles. The number of aliphatic imine (C=N–C) groups is 1. The highest BCUT2D eigenvalue weighted by Gasteiger charge is 2.10. The molecule has 0 heterocycles. The van der Waals surface area contributed by atoms with E-state index < -0.39 is 15.7 Å². The third-order valence-corrected chi connectivity index (χ3v) is 4.21. The van der Waals surface area contributed by atoms with Gasteiger partial charge in [-0.05, 0) is 38.5 Å². The third-order valence-electron chi connectivity index (χ3n) is 3.23. The number of nitrogens with zero attached hydrogens (tertiary/aromatic N) is 2. The zero-order chi connectivity index (χ0) is 18.2. The van der Waals surface area contributed by atoms with Gasteiger partial charge in [-0.25, -0.2) is 17.8 Å². The molecule has 0 radical (unpaired) electrons. The smallest absolute Gasteiger partial charge is 0.191 e. The summed E-state index contributed by atoms with van der Waals surface area (Å²) in [5.74, 6) is 0.137. The van der Waals surface area contributed by atoms with E-state index in [-0.39, 0.29) is 42.3 Å². The quantitative estimate of drug-likeness (QED) is 0.353. The van der Waals surface area contributed by atoms with Crippen LogP contribution in [0.5, 0.6) is 0 Å². The molecule has 0 aromatic heterocycles. The zero-order valence-corrected chi connectivity index (χ0v) is 17.7. The lowest BCUT2D eigenvalue weighted by atomic mass is 10.1. The molecule has 140 valence electrons. The number of benzene rings is 1. The van der Waals surface area contributed by atoms with Crippen molar-refractivity contribution in [3.8, 4) is 6.07 Å². The zero-order valence-electron chi connectivity index (χ0n) is 14.5. The van der Waals surface area contributed by atoms with Crippen LogP contribution in [0.1, 0.15) is 31.4 Å². The highest BCUT2D eigenvalue weighted by Crippen LogP contribution is 2.11. The van der Waals surface area contributed by atoms with Crippen LogP contribution in [0.25, 0.3) is 0 Å². The Bertz CT molecular complexity index is 732. The van der Waals surface area contributed by atoms with Crippen LogP contribution in [-0.2, 0) is 16.4 Å². The summed E-state index contributed by atoms with van der Waals surface area (Å²) >= 11 is 0. The summed E-state index contributed by atoms with van der Waals surface area (Å²) in [6.45, 7) is 4.45. The molecular formula is C16H24FIN4O2S. The Morgan fingerprint density at radius 3 is 2.68 bits per heavy atom. The minimum absolute atomic E-state index is 0. The normalized spacial score (nSPS) is 12.7. The van der Waals surface area contributed by atoms with E-state index in [4.69, 9.17) is 5.26 Å². The van der Waals surface area contributed by atoms with Crippen molar-refractivity contribution in [1.82, 2.24) is 10.6 Å². The van der Waals surface area contributed by atoms with Crippen molar-refractivity contribution in [2.75, 3.05) is 18.6 Å². The number of guanidine groups is 1. The highest BCUT2D eigenvalue weighted by molar-refractivity contribution is 14.0. The third kappa shape index (κ3) is 9.60. The lowest BCUT2D eigenvalue weighted by Gasteiger charge is -2.17. The molecule has 0 spiro atoms. The Hall–Kier alpha value is -1.41. The van der Waals surface area contributed by atoms with E-state index in [1.165, 1.54) is 24.5 Å². The lowest BCUT2D eigenvalue weighted by molar-refractivity contribution is 0.580. The second kappa shape index (κ2) is 11.3. The van der Waals surface area contributed by atoms with Crippen LogP contribution in [0, 0.1) is 17.1 Å². The standard InChI is InChI=1S/C16H23FN4O2S.HI/c1-4-19-16(21-12(2)7-8-24(3,22)23)20-11-14-9-13(10-18)5-6-15(14)17;/h5-6,9,12H,4,7-8,11H2,1-3H3,(H2,19,20,21);1H. The minimum atomic E-state index is -3.02. The fourth-order valence-electron chi connectivity index (χ4n) is 1.95. The van der Waals surface area contributed by atoms with Gasteiger partial charge < -0.3 is 10.6 Å². The molecule has 1 unspecified atom stereocenters. The van der Waals surface area contributed by atoms with Crippen LogP contribution in [0.4, 0.5) is 4.39 Å². The van der Waals surface area contributed by atoms with Gasteiger partial charge in [0.1, 0.15) is 15.7 Å². The monoisotopic (exact) mass is 482 g/mol. The Morgan fingerprint density at radius 1 is 1.44 bits per heavy atom. The summed E-state index contributed by atoms with van der Waals surface area (Å²) in [6.07, 6.45) is 1.64. The summed E-state index contributed by atoms with van der Waals surface area (Å²) in [5, 5.41) is 15.0. The van der Waals surface area contributed by atoms with Gasteiger partial charge in [0, 0.05) is 24.4 Å². The molecule has 1 aromatic rings. The second-order valence-electron chi connectivity index (χ2n) is 5.58. The maximum absolute atomic E-state index is 13.8. The molecule has 25 heavy (non-hydrogen) atoms. The molecule has 0 saturated carbocycles. The van der Waals surface area contributed by atoms with E-state index in [1.807, 2.05) is 19.9 Å². The highest BCUT2D eigenvalue weighted by atomic mass is 127. The summed E-state index contributed by atoms with van der Waals surface area (Å²) in [4.78, 5) is 4.30. The maximum Gasteiger partial charge on any atom is 0.191 e. The predicted molar refractivity (Wildman–Crippen MR) is 108 cm³/mol. The van der Waals surface area contributed by atoms with Gasteiger partial charge in [-0.3, -0.25) is 0 Å². The molecule has 0 fully saturated rings. The molecule has 9 heteroatoms. The van der Waals surface area contributed by atoms with Crippen molar-refractivity contribution in [2.24, 2.45) is 4.99 Å². The molecular weight excluding hydrogens is 458 g/mol. The topological polar surface area (TPSA) is 94.3 Å². The van der Waals surface area contributed by atoms with Gasteiger partial charge >= 0.3 is 0 Å². The van der Waals surface area contributed by atoms with Crippen LogP contribution in [0.3, 0.4) is 0 Å². The number of rotatable bonds is 7. The lowest BCUT2D eigenvalue weighted by Crippen LogP contribution is -2.42. The summed E-state index contributed by atoms with van der Waals surface area (Å²) in [5.41, 5.74) is 0.705. The number of nitriles is 1. The van der Waals surface area contributed by atoms with Crippen LogP contribution < -0.4 is 10.6 Å². The fraction of sp³-hybridized carbons (Fsp3) is 0.500. The number of sulfone groups is 1. The van der Waals surface area contributed by atoms with Crippen LogP contribution in [-0.4, -0.2) is 39.0 Å². The molecule has 1 aromatic carbocycles. The second-order valence-corrected chi connectivity index (χ2v) is 7.84. The fourth-order valence-corrected chi connectivity index (χ4v) is 2.73. The Kier molecular flexibility index (Phi) is 10.6. The van der Waals surface area contributed by atoms with E-state index >= 15 is 0 Å². The minimum Gasteiger partial charge on any atom is -0.357 e. The first-order chi connectivity index (χ1) is 11.2. The van der Waals surface area contributed by atoms with Gasteiger partial charge in [-0.1, -0.05) is 0 Å². The van der Waals surface area contributed by atoms with Crippen molar-refractivity contribution in [3.63, 3.8) is 0 Å². The first kappa shape index (κ1) is 23.6. The number of nitrogens with one attached hydrogen (secondary N) is 2. The molecule has 0 bridgehead atoms. The van der Waals surface area contributed by atoms with E-state index in [0.29, 0.717) is 30.1 Å². The number of halogens is 2. The van der Waals surface area contributed by atoms with Gasteiger partial charge in [0.05, 0.1) is 23.9 Å². The van der Waals surface area contributed by atoms with Crippen molar-refractivity contribution >= 4 is 39.8 Å². The first-order valence-corrected chi connectivity index (χ1v) is 9.72. The van der Waals surface area contributed by atoms with E-state index in [9.17, 15) is 12.8 Å². The van der Waals surface area contributed by atoms with Gasteiger partial charge in [-0.15, -0.1) is 24.0 Å². The average molecular weight is 482 g/mol. The summed E-state index contributed by atoms with van der Waals surface area (Å²) in [6, 6.07) is 6.00. The van der Waals surface area contributed by atoms with Crippen LogP contribution >= 0.6 is 24.0 Å². The first-order valence-electron chi connectivity index (χ1n) is 7.66. The van der Waals surface area contributed by atoms with Crippen LogP contribution in [0.2, 0.25) is 0 Å². The largest absolute Gasteiger partial charge is 0.357 e. The Balaban J connectivity index is 0.00000576. The van der Waals surface area contributed by atoms with Crippen molar-refractivity contribution < 1.29 is 12.8 Å². The molecule has 0 aliphatic rings. The number of hydrogen-bond donors (Lipinski definition) is 2. The molecule has 2 N–H and O–H groups in total. The molecule has 1 atom stereocenters. The van der Waals surface area contributed by atoms with Gasteiger partial charge in [0.25, 0.3) is 0 Å². The van der Waals surface area contributed by atoms with Gasteiger partial charge in [0.15, 0.2) is 5.96 Å². The van der Waals surface area contributed by atoms with E-state index in [1.54, 1.807) is 0 Å². The van der Waals surface area contributed by atoms with Gasteiger partial charge in [0.2, 0.25) is 0 Å². The maximum atomic E-state index is 13.8. The van der Waals surface area contributed by atoms with Crippen LogP contribution in [0.15, 0.2) is 23.2 Å². The number of hydrogen-bond acceptors (Lipinski definition) is 4. The molecule has 6 nitrogen and oxygen atoms in total. The molecule has 0 amide bonds. The van der Waals surface area contributed by atoms with Gasteiger partial charge in [-0.2, -0.15) is 5.26 Å².